The largest absolute Gasteiger partial charge is 0.385 e. The lowest BCUT2D eigenvalue weighted by Crippen LogP contribution is -2.19. The fourth-order valence-corrected chi connectivity index (χ4v) is 2.18. The molecule has 0 unspecified atom stereocenters. The second-order valence-corrected chi connectivity index (χ2v) is 5.01. The summed E-state index contributed by atoms with van der Waals surface area (Å²) in [6.45, 7) is 6.68. The highest BCUT2D eigenvalue weighted by atomic mass is 15.1. The van der Waals surface area contributed by atoms with Crippen molar-refractivity contribution in [1.29, 1.82) is 0 Å². The first-order valence-corrected chi connectivity index (χ1v) is 6.97. The number of rotatable bonds is 6. The average Bonchev–Trinajstić information content (AvgIpc) is 2.39. The van der Waals surface area contributed by atoms with Crippen LogP contribution in [0, 0.1) is 6.92 Å². The summed E-state index contributed by atoms with van der Waals surface area (Å²) in [6, 6.07) is 10.2. The Bertz CT molecular complexity index is 554. The van der Waals surface area contributed by atoms with E-state index in [0.29, 0.717) is 0 Å². The lowest BCUT2D eigenvalue weighted by atomic mass is 10.2. The molecule has 2 heterocycles. The van der Waals surface area contributed by atoms with E-state index in [0.717, 1.165) is 42.4 Å². The summed E-state index contributed by atoms with van der Waals surface area (Å²) in [5, 5.41) is 3.31. The summed E-state index contributed by atoms with van der Waals surface area (Å²) in [5.41, 5.74) is 4.34. The molecule has 4 heteroatoms. The lowest BCUT2D eigenvalue weighted by molar-refractivity contribution is 0.311. The monoisotopic (exact) mass is 270 g/mol. The molecule has 1 N–H and O–H groups in total. The molecule has 2 rings (SSSR count). The number of nitrogens with zero attached hydrogens (tertiary/aromatic N) is 3. The molecule has 0 saturated carbocycles. The number of aromatic nitrogens is 2. The number of anilines is 1. The lowest BCUT2D eigenvalue weighted by Gasteiger charge is -2.16. The molecule has 0 aliphatic carbocycles. The first-order valence-electron chi connectivity index (χ1n) is 6.97. The van der Waals surface area contributed by atoms with Crippen molar-refractivity contribution < 1.29 is 0 Å². The van der Waals surface area contributed by atoms with E-state index in [1.165, 1.54) is 0 Å². The molecule has 0 atom stereocenters. The molecule has 0 aromatic carbocycles. The van der Waals surface area contributed by atoms with Gasteiger partial charge < -0.3 is 5.32 Å². The van der Waals surface area contributed by atoms with Crippen LogP contribution in [0.1, 0.15) is 24.0 Å². The quantitative estimate of drug-likeness (QED) is 0.876. The number of pyridine rings is 2. The zero-order chi connectivity index (χ0) is 14.4. The van der Waals surface area contributed by atoms with Gasteiger partial charge in [-0.25, -0.2) is 0 Å². The van der Waals surface area contributed by atoms with Crippen LogP contribution in [0.5, 0.6) is 0 Å². The third-order valence-corrected chi connectivity index (χ3v) is 3.01. The van der Waals surface area contributed by atoms with Gasteiger partial charge in [0.1, 0.15) is 0 Å². The predicted octanol–water partition coefficient (Wildman–Crippen LogP) is 2.85. The zero-order valence-corrected chi connectivity index (χ0v) is 12.4. The molecule has 2 aromatic rings. The second-order valence-electron chi connectivity index (χ2n) is 5.01. The Morgan fingerprint density at radius 3 is 2.70 bits per heavy atom. The Kier molecular flexibility index (Phi) is 5.07. The van der Waals surface area contributed by atoms with Gasteiger partial charge in [-0.2, -0.15) is 0 Å². The van der Waals surface area contributed by atoms with Crippen molar-refractivity contribution in [2.45, 2.75) is 26.9 Å². The number of hydrogen-bond donors (Lipinski definition) is 1. The van der Waals surface area contributed by atoms with E-state index in [4.69, 9.17) is 0 Å². The Morgan fingerprint density at radius 2 is 1.95 bits per heavy atom. The molecule has 4 nitrogen and oxygen atoms in total. The van der Waals surface area contributed by atoms with Crippen LogP contribution in [0.4, 0.5) is 5.69 Å². The highest BCUT2D eigenvalue weighted by Gasteiger charge is 2.04. The Balaban J connectivity index is 1.97. The van der Waals surface area contributed by atoms with Crippen LogP contribution in [0.25, 0.3) is 0 Å². The van der Waals surface area contributed by atoms with Crippen LogP contribution < -0.4 is 5.32 Å². The summed E-state index contributed by atoms with van der Waals surface area (Å²) in [4.78, 5) is 11.2. The highest BCUT2D eigenvalue weighted by molar-refractivity contribution is 5.42. The van der Waals surface area contributed by atoms with Crippen molar-refractivity contribution in [2.24, 2.45) is 0 Å². The Morgan fingerprint density at radius 1 is 1.15 bits per heavy atom. The molecular weight excluding hydrogens is 248 g/mol. The fraction of sp³-hybridized carbons (Fsp3) is 0.375. The SMILES string of the molecule is CCNc1ccnc(CN(C)Cc2cccc(C)n2)c1. The molecular formula is C16H22N4. The normalized spacial score (nSPS) is 10.8. The van der Waals surface area contributed by atoms with E-state index in [1.807, 2.05) is 25.3 Å². The van der Waals surface area contributed by atoms with Crippen LogP contribution >= 0.6 is 0 Å². The third kappa shape index (κ3) is 4.31. The van der Waals surface area contributed by atoms with Crippen LogP contribution in [0.3, 0.4) is 0 Å². The molecule has 0 saturated heterocycles. The van der Waals surface area contributed by atoms with Crippen molar-refractivity contribution in [2.75, 3.05) is 18.9 Å². The van der Waals surface area contributed by atoms with Crippen LogP contribution in [-0.2, 0) is 13.1 Å². The van der Waals surface area contributed by atoms with E-state index in [-0.39, 0.29) is 0 Å². The standard InChI is InChI=1S/C16H22N4/c1-4-17-14-8-9-18-16(10-14)12-20(3)11-15-7-5-6-13(2)19-15/h5-10H,4,11-12H2,1-3H3,(H,17,18). The van der Waals surface area contributed by atoms with Crippen molar-refractivity contribution >= 4 is 5.69 Å². The maximum absolute atomic E-state index is 4.53. The summed E-state index contributed by atoms with van der Waals surface area (Å²) < 4.78 is 0. The van der Waals surface area contributed by atoms with Crippen LogP contribution in [0.15, 0.2) is 36.5 Å². The van der Waals surface area contributed by atoms with E-state index >= 15 is 0 Å². The maximum Gasteiger partial charge on any atom is 0.0564 e. The molecule has 0 radical (unpaired) electrons. The molecule has 0 bridgehead atoms. The second kappa shape index (κ2) is 7.01. The Labute approximate surface area is 120 Å². The minimum absolute atomic E-state index is 0.814. The van der Waals surface area contributed by atoms with Gasteiger partial charge in [0.2, 0.25) is 0 Å². The van der Waals surface area contributed by atoms with Gasteiger partial charge in [0.15, 0.2) is 0 Å². The topological polar surface area (TPSA) is 41.1 Å². The molecule has 0 aliphatic heterocycles. The highest BCUT2D eigenvalue weighted by Crippen LogP contribution is 2.10. The van der Waals surface area contributed by atoms with Crippen molar-refractivity contribution in [3.63, 3.8) is 0 Å². The summed E-state index contributed by atoms with van der Waals surface area (Å²) >= 11 is 0. The number of nitrogens with one attached hydrogen (secondary N) is 1. The van der Waals surface area contributed by atoms with Gasteiger partial charge in [-0.3, -0.25) is 14.9 Å². The van der Waals surface area contributed by atoms with E-state index in [1.54, 1.807) is 0 Å². The van der Waals surface area contributed by atoms with Gasteiger partial charge in [-0.15, -0.1) is 0 Å². The van der Waals surface area contributed by atoms with Gasteiger partial charge in [-0.1, -0.05) is 6.07 Å². The van der Waals surface area contributed by atoms with Crippen LogP contribution in [0.2, 0.25) is 0 Å². The van der Waals surface area contributed by atoms with Crippen molar-refractivity contribution in [3.8, 4) is 0 Å². The molecule has 20 heavy (non-hydrogen) atoms. The first kappa shape index (κ1) is 14.5. The molecule has 0 fully saturated rings. The summed E-state index contributed by atoms with van der Waals surface area (Å²) in [6.07, 6.45) is 1.85. The van der Waals surface area contributed by atoms with Gasteiger partial charge in [0, 0.05) is 37.2 Å². The summed E-state index contributed by atoms with van der Waals surface area (Å²) in [7, 11) is 2.09. The number of aryl methyl sites for hydroxylation is 1. The zero-order valence-electron chi connectivity index (χ0n) is 12.4. The van der Waals surface area contributed by atoms with Gasteiger partial charge in [0.05, 0.1) is 11.4 Å². The predicted molar refractivity (Wildman–Crippen MR) is 82.5 cm³/mol. The molecule has 2 aromatic heterocycles. The first-order chi connectivity index (χ1) is 9.67. The van der Waals surface area contributed by atoms with Crippen molar-refractivity contribution in [1.82, 2.24) is 14.9 Å². The van der Waals surface area contributed by atoms with E-state index < -0.39 is 0 Å². The third-order valence-electron chi connectivity index (χ3n) is 3.01. The summed E-state index contributed by atoms with van der Waals surface area (Å²) in [5.74, 6) is 0. The van der Waals surface area contributed by atoms with Gasteiger partial charge >= 0.3 is 0 Å². The van der Waals surface area contributed by atoms with Crippen molar-refractivity contribution in [3.05, 3.63) is 53.6 Å². The average molecular weight is 270 g/mol. The molecule has 0 amide bonds. The van der Waals surface area contributed by atoms with E-state index in [2.05, 4.69) is 52.4 Å². The smallest absolute Gasteiger partial charge is 0.0564 e. The fourth-order valence-electron chi connectivity index (χ4n) is 2.18. The molecule has 0 aliphatic rings. The Hall–Kier alpha value is -1.94. The van der Waals surface area contributed by atoms with E-state index in [9.17, 15) is 0 Å². The minimum Gasteiger partial charge on any atom is -0.385 e. The minimum atomic E-state index is 0.814. The van der Waals surface area contributed by atoms with Gasteiger partial charge in [-0.05, 0) is 45.2 Å². The molecule has 0 spiro atoms. The van der Waals surface area contributed by atoms with Crippen LogP contribution in [-0.4, -0.2) is 28.5 Å². The maximum atomic E-state index is 4.53. The number of hydrogen-bond acceptors (Lipinski definition) is 4. The van der Waals surface area contributed by atoms with Gasteiger partial charge in [0.25, 0.3) is 0 Å². The molecule has 106 valence electrons.